The first-order valence-electron chi connectivity index (χ1n) is 3.78. The van der Waals surface area contributed by atoms with E-state index in [1.54, 1.807) is 24.5 Å². The van der Waals surface area contributed by atoms with Crippen molar-refractivity contribution in [1.29, 1.82) is 5.26 Å². The molecule has 4 nitrogen and oxygen atoms in total. The smallest absolute Gasteiger partial charge is 0.232 e. The van der Waals surface area contributed by atoms with Gasteiger partial charge in [0.25, 0.3) is 0 Å². The normalized spacial score (nSPS) is 9.71. The molecule has 14 heavy (non-hydrogen) atoms. The van der Waals surface area contributed by atoms with Crippen LogP contribution in [0.3, 0.4) is 0 Å². The van der Waals surface area contributed by atoms with Gasteiger partial charge in [0.1, 0.15) is 6.07 Å². The second-order valence-corrected chi connectivity index (χ2v) is 2.84. The summed E-state index contributed by atoms with van der Waals surface area (Å²) in [6.07, 6.45) is 3.22. The van der Waals surface area contributed by atoms with Crippen molar-refractivity contribution in [2.45, 2.75) is 0 Å². The summed E-state index contributed by atoms with van der Waals surface area (Å²) in [5, 5.41) is 8.61. The van der Waals surface area contributed by atoms with Crippen molar-refractivity contribution in [3.05, 3.63) is 35.4 Å². The van der Waals surface area contributed by atoms with Crippen LogP contribution in [0.2, 0.25) is 5.22 Å². The Kier molecular flexibility index (Phi) is 2.17. The van der Waals surface area contributed by atoms with Crippen LogP contribution >= 0.6 is 11.6 Å². The zero-order chi connectivity index (χ0) is 9.97. The lowest BCUT2D eigenvalue weighted by Crippen LogP contribution is -1.79. The molecule has 0 aliphatic heterocycles. The average Bonchev–Trinajstić information content (AvgIpc) is 2.61. The molecular formula is C9H4ClN3O. The number of hydrogen-bond donors (Lipinski definition) is 0. The predicted molar refractivity (Wildman–Crippen MR) is 49.5 cm³/mol. The van der Waals surface area contributed by atoms with E-state index < -0.39 is 0 Å². The predicted octanol–water partition coefficient (Wildman–Crippen LogP) is 2.26. The Hall–Kier alpha value is -1.86. The van der Waals surface area contributed by atoms with Gasteiger partial charge in [0.15, 0.2) is 5.69 Å². The third-order valence-corrected chi connectivity index (χ3v) is 1.86. The molecule has 0 aliphatic carbocycles. The quantitative estimate of drug-likeness (QED) is 0.717. The van der Waals surface area contributed by atoms with Crippen molar-refractivity contribution in [3.63, 3.8) is 0 Å². The molecule has 2 heterocycles. The van der Waals surface area contributed by atoms with Crippen LogP contribution in [0.15, 0.2) is 28.9 Å². The van der Waals surface area contributed by atoms with Crippen molar-refractivity contribution >= 4 is 11.6 Å². The molecule has 0 amide bonds. The lowest BCUT2D eigenvalue weighted by atomic mass is 10.3. The molecule has 0 bridgehead atoms. The maximum absolute atomic E-state index is 8.61. The minimum Gasteiger partial charge on any atom is -0.423 e. The maximum atomic E-state index is 8.61. The van der Waals surface area contributed by atoms with E-state index in [4.69, 9.17) is 21.3 Å². The zero-order valence-electron chi connectivity index (χ0n) is 6.94. The van der Waals surface area contributed by atoms with Gasteiger partial charge in [-0.05, 0) is 23.7 Å². The number of halogens is 1. The van der Waals surface area contributed by atoms with E-state index in [0.717, 1.165) is 0 Å². The van der Waals surface area contributed by atoms with Crippen LogP contribution in [0.1, 0.15) is 5.69 Å². The summed E-state index contributed by atoms with van der Waals surface area (Å²) < 4.78 is 5.08. The number of nitrogens with zero attached hydrogens (tertiary/aromatic N) is 3. The first-order chi connectivity index (χ1) is 6.81. The highest BCUT2D eigenvalue weighted by atomic mass is 35.5. The van der Waals surface area contributed by atoms with Crippen LogP contribution < -0.4 is 0 Å². The number of aromatic nitrogens is 2. The molecule has 5 heteroatoms. The van der Waals surface area contributed by atoms with Gasteiger partial charge >= 0.3 is 0 Å². The minimum absolute atomic E-state index is 0.00588. The van der Waals surface area contributed by atoms with Gasteiger partial charge in [-0.15, -0.1) is 0 Å². The van der Waals surface area contributed by atoms with Crippen LogP contribution in [0.25, 0.3) is 11.5 Å². The molecule has 0 spiro atoms. The van der Waals surface area contributed by atoms with Crippen LogP contribution in [0, 0.1) is 11.3 Å². The highest BCUT2D eigenvalue weighted by molar-refractivity contribution is 6.29. The molecule has 68 valence electrons. The molecule has 0 radical (unpaired) electrons. The fraction of sp³-hybridized carbons (Fsp3) is 0. The van der Waals surface area contributed by atoms with Crippen LogP contribution in [-0.2, 0) is 0 Å². The Bertz CT molecular complexity index is 487. The van der Waals surface area contributed by atoms with E-state index in [0.29, 0.717) is 11.5 Å². The first-order valence-corrected chi connectivity index (χ1v) is 4.16. The van der Waals surface area contributed by atoms with Crippen molar-refractivity contribution in [1.82, 2.24) is 9.97 Å². The van der Waals surface area contributed by atoms with Gasteiger partial charge in [0, 0.05) is 12.4 Å². The Morgan fingerprint density at radius 3 is 2.93 bits per heavy atom. The summed E-state index contributed by atoms with van der Waals surface area (Å²) >= 11 is 5.62. The first kappa shape index (κ1) is 8.73. The molecular weight excluding hydrogens is 202 g/mol. The van der Waals surface area contributed by atoms with Crippen molar-refractivity contribution in [2.24, 2.45) is 0 Å². The summed E-state index contributed by atoms with van der Waals surface area (Å²) in [4.78, 5) is 7.80. The Morgan fingerprint density at radius 2 is 2.36 bits per heavy atom. The lowest BCUT2D eigenvalue weighted by molar-refractivity contribution is 0.576. The van der Waals surface area contributed by atoms with E-state index in [1.807, 2.05) is 6.07 Å². The largest absolute Gasteiger partial charge is 0.423 e. The zero-order valence-corrected chi connectivity index (χ0v) is 7.69. The molecule has 0 unspecified atom stereocenters. The number of pyridine rings is 1. The van der Waals surface area contributed by atoms with E-state index in [2.05, 4.69) is 9.97 Å². The van der Waals surface area contributed by atoms with Gasteiger partial charge in [-0.1, -0.05) is 0 Å². The lowest BCUT2D eigenvalue weighted by Gasteiger charge is -1.90. The molecule has 0 N–H and O–H groups in total. The summed E-state index contributed by atoms with van der Waals surface area (Å²) in [7, 11) is 0. The molecule has 0 aliphatic rings. The molecule has 0 atom stereocenters. The van der Waals surface area contributed by atoms with Gasteiger partial charge in [-0.25, -0.2) is 0 Å². The van der Waals surface area contributed by atoms with E-state index >= 15 is 0 Å². The maximum Gasteiger partial charge on any atom is 0.232 e. The van der Waals surface area contributed by atoms with Crippen molar-refractivity contribution in [3.8, 4) is 17.5 Å². The van der Waals surface area contributed by atoms with E-state index in [9.17, 15) is 0 Å². The van der Waals surface area contributed by atoms with Crippen molar-refractivity contribution in [2.75, 3.05) is 0 Å². The summed E-state index contributed by atoms with van der Waals surface area (Å²) in [5.41, 5.74) is 0.779. The third kappa shape index (κ3) is 1.45. The fourth-order valence-electron chi connectivity index (χ4n) is 0.983. The second-order valence-electron chi connectivity index (χ2n) is 2.49. The SMILES string of the molecule is N#Cc1nc(-c2cccnc2)oc1Cl. The van der Waals surface area contributed by atoms with Gasteiger partial charge in [0.05, 0.1) is 5.56 Å². The number of oxazole rings is 1. The molecule has 0 saturated carbocycles. The Morgan fingerprint density at radius 1 is 1.50 bits per heavy atom. The highest BCUT2D eigenvalue weighted by Crippen LogP contribution is 2.23. The van der Waals surface area contributed by atoms with E-state index in [-0.39, 0.29) is 10.9 Å². The molecule has 2 aromatic rings. The van der Waals surface area contributed by atoms with Gasteiger partial charge in [-0.2, -0.15) is 10.2 Å². The molecule has 2 aromatic heterocycles. The third-order valence-electron chi connectivity index (χ3n) is 1.60. The molecule has 2 rings (SSSR count). The van der Waals surface area contributed by atoms with E-state index in [1.165, 1.54) is 0 Å². The number of rotatable bonds is 1. The minimum atomic E-state index is 0.00588. The second kappa shape index (κ2) is 3.48. The number of nitriles is 1. The van der Waals surface area contributed by atoms with Gasteiger partial charge < -0.3 is 4.42 Å². The van der Waals surface area contributed by atoms with Gasteiger partial charge in [-0.3, -0.25) is 4.98 Å². The summed E-state index contributed by atoms with van der Waals surface area (Å²) in [6, 6.07) is 5.35. The standard InChI is InChI=1S/C9H4ClN3O/c10-8-7(4-11)13-9(14-8)6-2-1-3-12-5-6/h1-3,5H. The van der Waals surface area contributed by atoms with Gasteiger partial charge in [0.2, 0.25) is 11.1 Å². The summed E-state index contributed by atoms with van der Waals surface area (Å²) in [6.45, 7) is 0. The Labute approximate surface area is 84.8 Å². The Balaban J connectivity index is 2.50. The molecule has 0 fully saturated rings. The fourth-order valence-corrected chi connectivity index (χ4v) is 1.14. The number of hydrogen-bond acceptors (Lipinski definition) is 4. The molecule has 0 saturated heterocycles. The van der Waals surface area contributed by atoms with Crippen LogP contribution in [0.5, 0.6) is 0 Å². The summed E-state index contributed by atoms with van der Waals surface area (Å²) in [5.74, 6) is 0.305. The van der Waals surface area contributed by atoms with Crippen LogP contribution in [0.4, 0.5) is 0 Å². The monoisotopic (exact) mass is 205 g/mol. The topological polar surface area (TPSA) is 62.7 Å². The molecule has 0 aromatic carbocycles. The highest BCUT2D eigenvalue weighted by Gasteiger charge is 2.11. The average molecular weight is 206 g/mol. The van der Waals surface area contributed by atoms with Crippen molar-refractivity contribution < 1.29 is 4.42 Å². The van der Waals surface area contributed by atoms with Crippen LogP contribution in [-0.4, -0.2) is 9.97 Å².